The first-order valence-corrected chi connectivity index (χ1v) is 11.8. The summed E-state index contributed by atoms with van der Waals surface area (Å²) >= 11 is 1.71. The minimum atomic E-state index is -2.83. The van der Waals surface area contributed by atoms with E-state index in [0.717, 1.165) is 50.5 Å². The number of carboxylic acid groups (broad SMARTS) is 1. The fraction of sp³-hybridized carbons (Fsp3) is 0.346. The molecule has 0 radical (unpaired) electrons. The van der Waals surface area contributed by atoms with Gasteiger partial charge >= 0.3 is 5.97 Å². The van der Waals surface area contributed by atoms with Gasteiger partial charge in [-0.15, -0.1) is 11.3 Å². The van der Waals surface area contributed by atoms with Crippen molar-refractivity contribution in [3.8, 4) is 16.9 Å². The van der Waals surface area contributed by atoms with Crippen molar-refractivity contribution >= 4 is 17.3 Å². The molecular weight excluding hydrogens is 444 g/mol. The average molecular weight is 472 g/mol. The standard InChI is InChI=1S/C26H27F2NO3S/c1-17-23(19-3-6-21(7-4-19)26(2,27)28)16-33-24(17)14-29-11-9-18-5-8-22(32-15-25(30)31)13-20(18)10-12-29/h3-8,13,16H,9-12,14-15H2,1-2H3,(H,30,31). The highest BCUT2D eigenvalue weighted by molar-refractivity contribution is 7.10. The number of carbonyl (C=O) groups is 1. The third kappa shape index (κ3) is 5.60. The first-order valence-electron chi connectivity index (χ1n) is 10.9. The number of alkyl halides is 2. The highest BCUT2D eigenvalue weighted by atomic mass is 32.1. The van der Waals surface area contributed by atoms with Crippen LogP contribution in [0.3, 0.4) is 0 Å². The number of halogens is 2. The molecule has 3 aromatic rings. The minimum absolute atomic E-state index is 0.0278. The van der Waals surface area contributed by atoms with Gasteiger partial charge in [-0.2, -0.15) is 0 Å². The molecule has 0 saturated carbocycles. The van der Waals surface area contributed by atoms with Gasteiger partial charge in [-0.25, -0.2) is 13.6 Å². The lowest BCUT2D eigenvalue weighted by Gasteiger charge is -2.19. The lowest BCUT2D eigenvalue weighted by Crippen LogP contribution is -2.25. The molecule has 0 bridgehead atoms. The van der Waals surface area contributed by atoms with Crippen molar-refractivity contribution in [3.05, 3.63) is 75.0 Å². The highest BCUT2D eigenvalue weighted by Gasteiger charge is 2.24. The van der Waals surface area contributed by atoms with Crippen LogP contribution >= 0.6 is 11.3 Å². The van der Waals surface area contributed by atoms with Crippen molar-refractivity contribution < 1.29 is 23.4 Å². The summed E-state index contributed by atoms with van der Waals surface area (Å²) in [6.45, 7) is 5.37. The van der Waals surface area contributed by atoms with Gasteiger partial charge in [-0.1, -0.05) is 30.3 Å². The highest BCUT2D eigenvalue weighted by Crippen LogP contribution is 2.34. The van der Waals surface area contributed by atoms with Crippen LogP contribution in [0.1, 0.15) is 34.1 Å². The number of aliphatic carboxylic acids is 1. The first-order chi connectivity index (χ1) is 15.7. The molecule has 0 saturated heterocycles. The van der Waals surface area contributed by atoms with E-state index in [1.807, 2.05) is 18.2 Å². The van der Waals surface area contributed by atoms with Crippen LogP contribution in [-0.2, 0) is 30.1 Å². The summed E-state index contributed by atoms with van der Waals surface area (Å²) < 4.78 is 32.4. The van der Waals surface area contributed by atoms with E-state index in [1.165, 1.54) is 33.7 Å². The zero-order valence-corrected chi connectivity index (χ0v) is 19.6. The predicted octanol–water partition coefficient (Wildman–Crippen LogP) is 5.90. The van der Waals surface area contributed by atoms with E-state index in [0.29, 0.717) is 5.75 Å². The summed E-state index contributed by atoms with van der Waals surface area (Å²) in [4.78, 5) is 14.5. The molecule has 0 aliphatic carbocycles. The Morgan fingerprint density at radius 2 is 1.82 bits per heavy atom. The third-order valence-electron chi connectivity index (χ3n) is 6.15. The van der Waals surface area contributed by atoms with Crippen LogP contribution in [-0.4, -0.2) is 35.7 Å². The smallest absolute Gasteiger partial charge is 0.341 e. The van der Waals surface area contributed by atoms with Gasteiger partial charge in [-0.3, -0.25) is 4.90 Å². The number of nitrogens with zero attached hydrogens (tertiary/aromatic N) is 1. The van der Waals surface area contributed by atoms with Crippen molar-refractivity contribution in [2.75, 3.05) is 19.7 Å². The minimum Gasteiger partial charge on any atom is -0.482 e. The summed E-state index contributed by atoms with van der Waals surface area (Å²) in [5, 5.41) is 10.9. The van der Waals surface area contributed by atoms with E-state index in [9.17, 15) is 13.6 Å². The first kappa shape index (κ1) is 23.4. The van der Waals surface area contributed by atoms with Crippen LogP contribution in [0.25, 0.3) is 11.1 Å². The second-order valence-electron chi connectivity index (χ2n) is 8.55. The zero-order valence-electron chi connectivity index (χ0n) is 18.7. The van der Waals surface area contributed by atoms with Crippen LogP contribution < -0.4 is 4.74 Å². The maximum absolute atomic E-state index is 13.5. The van der Waals surface area contributed by atoms with Crippen molar-refractivity contribution in [3.63, 3.8) is 0 Å². The molecule has 0 fully saturated rings. The molecule has 7 heteroatoms. The van der Waals surface area contributed by atoms with Gasteiger partial charge in [0, 0.05) is 37.0 Å². The van der Waals surface area contributed by atoms with Crippen molar-refractivity contribution in [2.45, 2.75) is 39.2 Å². The third-order valence-corrected chi connectivity index (χ3v) is 7.22. The van der Waals surface area contributed by atoms with E-state index in [2.05, 4.69) is 17.2 Å². The van der Waals surface area contributed by atoms with E-state index in [-0.39, 0.29) is 12.2 Å². The predicted molar refractivity (Wildman–Crippen MR) is 126 cm³/mol. The van der Waals surface area contributed by atoms with Crippen LogP contribution in [0.5, 0.6) is 5.75 Å². The molecule has 1 aliphatic rings. The van der Waals surface area contributed by atoms with E-state index >= 15 is 0 Å². The van der Waals surface area contributed by atoms with Crippen molar-refractivity contribution in [2.24, 2.45) is 0 Å². The van der Waals surface area contributed by atoms with Gasteiger partial charge in [-0.05, 0) is 65.1 Å². The number of benzene rings is 2. The fourth-order valence-electron chi connectivity index (χ4n) is 4.18. The molecule has 0 spiro atoms. The summed E-state index contributed by atoms with van der Waals surface area (Å²) in [7, 11) is 0. The monoisotopic (exact) mass is 471 g/mol. The molecule has 2 aromatic carbocycles. The number of ether oxygens (including phenoxy) is 1. The summed E-state index contributed by atoms with van der Waals surface area (Å²) in [5.74, 6) is -3.22. The molecule has 33 heavy (non-hydrogen) atoms. The molecule has 2 heterocycles. The number of thiophene rings is 1. The van der Waals surface area contributed by atoms with E-state index < -0.39 is 11.9 Å². The van der Waals surface area contributed by atoms with Crippen LogP contribution in [0.4, 0.5) is 8.78 Å². The molecule has 1 N–H and O–H groups in total. The van der Waals surface area contributed by atoms with Crippen LogP contribution in [0, 0.1) is 6.92 Å². The Hall–Kier alpha value is -2.77. The Morgan fingerprint density at radius 3 is 2.48 bits per heavy atom. The van der Waals surface area contributed by atoms with Gasteiger partial charge in [0.2, 0.25) is 0 Å². The largest absolute Gasteiger partial charge is 0.482 e. The Balaban J connectivity index is 1.42. The average Bonchev–Trinajstić information content (AvgIpc) is 3.01. The van der Waals surface area contributed by atoms with Crippen LogP contribution in [0.15, 0.2) is 47.8 Å². The van der Waals surface area contributed by atoms with Gasteiger partial charge in [0.25, 0.3) is 5.92 Å². The summed E-state index contributed by atoms with van der Waals surface area (Å²) in [5.41, 5.74) is 5.76. The number of rotatable bonds is 7. The summed E-state index contributed by atoms with van der Waals surface area (Å²) in [6, 6.07) is 12.4. The second-order valence-corrected chi connectivity index (χ2v) is 9.52. The quantitative estimate of drug-likeness (QED) is 0.466. The number of carboxylic acids is 1. The Labute approximate surface area is 196 Å². The van der Waals surface area contributed by atoms with Gasteiger partial charge < -0.3 is 9.84 Å². The van der Waals surface area contributed by atoms with Crippen molar-refractivity contribution in [1.29, 1.82) is 0 Å². The van der Waals surface area contributed by atoms with E-state index in [4.69, 9.17) is 9.84 Å². The SMILES string of the molecule is Cc1c(-c2ccc(C(C)(F)F)cc2)csc1CN1CCc2ccc(OCC(=O)O)cc2CC1. The molecule has 0 amide bonds. The lowest BCUT2D eigenvalue weighted by molar-refractivity contribution is -0.139. The Kier molecular flexibility index (Phi) is 6.81. The lowest BCUT2D eigenvalue weighted by atomic mass is 10.0. The number of fused-ring (bicyclic) bond motifs is 1. The number of hydrogen-bond donors (Lipinski definition) is 1. The molecule has 1 aliphatic heterocycles. The van der Waals surface area contributed by atoms with Gasteiger partial charge in [0.05, 0.1) is 0 Å². The van der Waals surface area contributed by atoms with Crippen LogP contribution in [0.2, 0.25) is 0 Å². The molecule has 4 nitrogen and oxygen atoms in total. The van der Waals surface area contributed by atoms with Gasteiger partial charge in [0.15, 0.2) is 6.61 Å². The molecule has 174 valence electrons. The van der Waals surface area contributed by atoms with E-state index in [1.54, 1.807) is 23.5 Å². The number of hydrogen-bond acceptors (Lipinski definition) is 4. The van der Waals surface area contributed by atoms with Crippen molar-refractivity contribution in [1.82, 2.24) is 4.90 Å². The maximum atomic E-state index is 13.5. The Bertz CT molecular complexity index is 1140. The second kappa shape index (κ2) is 9.61. The summed E-state index contributed by atoms with van der Waals surface area (Å²) in [6.07, 6.45) is 1.81. The topological polar surface area (TPSA) is 49.8 Å². The fourth-order valence-corrected chi connectivity index (χ4v) is 5.30. The zero-order chi connectivity index (χ0) is 23.6. The molecule has 0 unspecified atom stereocenters. The normalized spacial score (nSPS) is 14.5. The molecule has 1 aromatic heterocycles. The molecular formula is C26H27F2NO3S. The van der Waals surface area contributed by atoms with Gasteiger partial charge in [0.1, 0.15) is 5.75 Å². The maximum Gasteiger partial charge on any atom is 0.341 e. The molecule has 4 rings (SSSR count). The Morgan fingerprint density at radius 1 is 1.12 bits per heavy atom. The molecule has 0 atom stereocenters.